The van der Waals surface area contributed by atoms with Crippen molar-refractivity contribution in [2.24, 2.45) is 5.92 Å². The quantitative estimate of drug-likeness (QED) is 0.232. The Hall–Kier alpha value is -3.25. The first-order chi connectivity index (χ1) is 17.4. The van der Waals surface area contributed by atoms with Crippen molar-refractivity contribution >= 4 is 19.5 Å². The van der Waals surface area contributed by atoms with Crippen LogP contribution in [0.2, 0.25) is 0 Å². The Kier molecular flexibility index (Phi) is 10.9. The molecule has 0 radical (unpaired) electrons. The van der Waals surface area contributed by atoms with E-state index >= 15 is 0 Å². The minimum absolute atomic E-state index is 0.00778. The van der Waals surface area contributed by atoms with Gasteiger partial charge in [-0.05, 0) is 29.5 Å². The maximum absolute atomic E-state index is 12.8. The van der Waals surface area contributed by atoms with Gasteiger partial charge in [0.05, 0.1) is 18.7 Å². The second-order valence-corrected chi connectivity index (χ2v) is 10.3. The average molecular weight is 511 g/mol. The lowest BCUT2D eigenvalue weighted by molar-refractivity contribution is -0.150. The molecule has 8 heteroatoms. The van der Waals surface area contributed by atoms with Gasteiger partial charge in [-0.2, -0.15) is 0 Å². The van der Waals surface area contributed by atoms with Gasteiger partial charge < -0.3 is 18.9 Å². The third-order valence-electron chi connectivity index (χ3n) is 5.47. The highest BCUT2D eigenvalue weighted by atomic mass is 31.2. The molecule has 0 saturated carbocycles. The monoisotopic (exact) mass is 510 g/mol. The highest BCUT2D eigenvalue weighted by Gasteiger charge is 2.32. The highest BCUT2D eigenvalue weighted by molar-refractivity contribution is 7.52. The Labute approximate surface area is 211 Å². The molecule has 2 atom stereocenters. The summed E-state index contributed by atoms with van der Waals surface area (Å²) in [6.07, 6.45) is -0.0719. The van der Waals surface area contributed by atoms with Crippen molar-refractivity contribution in [3.8, 4) is 0 Å². The predicted octanol–water partition coefficient (Wildman–Crippen LogP) is 5.31. The van der Waals surface area contributed by atoms with Crippen LogP contribution in [-0.4, -0.2) is 29.6 Å². The number of carbonyl (C=O) groups excluding carboxylic acids is 2. The Morgan fingerprint density at radius 1 is 0.750 bits per heavy atom. The molecule has 0 amide bonds. The molecule has 0 aliphatic carbocycles. The molecule has 0 spiro atoms. The minimum atomic E-state index is -4.11. The van der Waals surface area contributed by atoms with Gasteiger partial charge >= 0.3 is 19.5 Å². The molecule has 3 rings (SSSR count). The van der Waals surface area contributed by atoms with Crippen molar-refractivity contribution in [3.63, 3.8) is 0 Å². The minimum Gasteiger partial charge on any atom is -0.461 e. The number of hydrogen-bond acceptors (Lipinski definition) is 6. The summed E-state index contributed by atoms with van der Waals surface area (Å²) in [5.74, 6) is -2.15. The Balaban J connectivity index is 1.55. The number of esters is 2. The summed E-state index contributed by atoms with van der Waals surface area (Å²) in [4.78, 5) is 35.5. The molecule has 7 nitrogen and oxygen atoms in total. The van der Waals surface area contributed by atoms with Crippen molar-refractivity contribution in [2.45, 2.75) is 32.5 Å². The maximum atomic E-state index is 12.8. The molecule has 0 aliphatic heterocycles. The van der Waals surface area contributed by atoms with E-state index in [1.807, 2.05) is 91.0 Å². The molecule has 0 heterocycles. The van der Waals surface area contributed by atoms with Crippen molar-refractivity contribution in [2.75, 3.05) is 12.8 Å². The molecule has 0 bridgehead atoms. The Bertz CT molecular complexity index is 1120. The zero-order valence-corrected chi connectivity index (χ0v) is 20.9. The van der Waals surface area contributed by atoms with Gasteiger partial charge in [0.25, 0.3) is 0 Å². The third-order valence-corrected chi connectivity index (χ3v) is 6.96. The molecule has 3 aromatic rings. The first kappa shape index (κ1) is 27.3. The zero-order chi connectivity index (χ0) is 25.6. The van der Waals surface area contributed by atoms with Crippen molar-refractivity contribution < 1.29 is 33.0 Å². The van der Waals surface area contributed by atoms with Gasteiger partial charge in [0.15, 0.2) is 0 Å². The molecule has 36 heavy (non-hydrogen) atoms. The summed E-state index contributed by atoms with van der Waals surface area (Å²) < 4.78 is 28.7. The van der Waals surface area contributed by atoms with E-state index in [9.17, 15) is 19.0 Å². The topological polar surface area (TPSA) is 99.1 Å². The number of ether oxygens (including phenoxy) is 2. The van der Waals surface area contributed by atoms with Crippen LogP contribution in [0, 0.1) is 5.92 Å². The third kappa shape index (κ3) is 10.2. The fourth-order valence-electron chi connectivity index (χ4n) is 3.51. The summed E-state index contributed by atoms with van der Waals surface area (Å²) in [5, 5.41) is 0. The summed E-state index contributed by atoms with van der Waals surface area (Å²) in [7, 11) is -4.11. The molecule has 0 fully saturated rings. The van der Waals surface area contributed by atoms with Crippen molar-refractivity contribution in [1.29, 1.82) is 0 Å². The first-order valence-corrected chi connectivity index (χ1v) is 13.6. The molecule has 0 saturated heterocycles. The first-order valence-electron chi connectivity index (χ1n) is 11.8. The summed E-state index contributed by atoms with van der Waals surface area (Å²) in [6, 6.07) is 27.8. The summed E-state index contributed by atoms with van der Waals surface area (Å²) >= 11 is 0. The van der Waals surface area contributed by atoms with Gasteiger partial charge in [-0.3, -0.25) is 14.2 Å². The lowest BCUT2D eigenvalue weighted by atomic mass is 10.1. The smallest absolute Gasteiger partial charge is 0.328 e. The van der Waals surface area contributed by atoms with Crippen LogP contribution in [0.4, 0.5) is 0 Å². The summed E-state index contributed by atoms with van der Waals surface area (Å²) in [6.45, 7) is 0.172. The zero-order valence-electron chi connectivity index (χ0n) is 20.0. The molecular weight excluding hydrogens is 479 g/mol. The van der Waals surface area contributed by atoms with E-state index < -0.39 is 31.6 Å². The fourth-order valence-corrected chi connectivity index (χ4v) is 4.89. The molecule has 0 aromatic heterocycles. The van der Waals surface area contributed by atoms with E-state index in [0.717, 1.165) is 16.7 Å². The standard InChI is InChI=1S/C28H31O7P/c29-27(33-20-24-12-6-2-7-13-24)17-16-26(28(30)34-21-25-14-8-3-9-15-25)22-36(31,32)35-19-18-23-10-4-1-5-11-23/h1-15,26H,16-22H2,(H,31,32). The lowest BCUT2D eigenvalue weighted by Crippen LogP contribution is -2.23. The molecule has 1 N–H and O–H groups in total. The Morgan fingerprint density at radius 3 is 1.81 bits per heavy atom. The van der Waals surface area contributed by atoms with Crippen LogP contribution in [-0.2, 0) is 47.8 Å². The van der Waals surface area contributed by atoms with E-state index in [-0.39, 0.29) is 32.7 Å². The van der Waals surface area contributed by atoms with Crippen LogP contribution in [0.3, 0.4) is 0 Å². The lowest BCUT2D eigenvalue weighted by Gasteiger charge is -2.19. The number of benzene rings is 3. The van der Waals surface area contributed by atoms with Crippen LogP contribution in [0.25, 0.3) is 0 Å². The van der Waals surface area contributed by atoms with Crippen LogP contribution >= 0.6 is 7.60 Å². The molecular formula is C28H31O7P. The molecule has 3 aromatic carbocycles. The van der Waals surface area contributed by atoms with E-state index in [2.05, 4.69) is 0 Å². The molecule has 190 valence electrons. The Morgan fingerprint density at radius 2 is 1.25 bits per heavy atom. The van der Waals surface area contributed by atoms with E-state index in [0.29, 0.717) is 6.42 Å². The SMILES string of the molecule is O=C(CCC(CP(=O)(O)OCCc1ccccc1)C(=O)OCc1ccccc1)OCc1ccccc1. The van der Waals surface area contributed by atoms with Gasteiger partial charge in [-0.25, -0.2) is 0 Å². The van der Waals surface area contributed by atoms with Crippen LogP contribution < -0.4 is 0 Å². The number of hydrogen-bond donors (Lipinski definition) is 1. The highest BCUT2D eigenvalue weighted by Crippen LogP contribution is 2.45. The number of carbonyl (C=O) groups is 2. The second kappa shape index (κ2) is 14.3. The van der Waals surface area contributed by atoms with Crippen LogP contribution in [0.1, 0.15) is 29.5 Å². The van der Waals surface area contributed by atoms with Gasteiger partial charge in [0.2, 0.25) is 0 Å². The summed E-state index contributed by atoms with van der Waals surface area (Å²) in [5.41, 5.74) is 2.60. The normalized spacial score (nSPS) is 13.4. The van der Waals surface area contributed by atoms with E-state index in [1.165, 1.54) is 0 Å². The fraction of sp³-hybridized carbons (Fsp3) is 0.286. The van der Waals surface area contributed by atoms with Gasteiger partial charge in [-0.15, -0.1) is 0 Å². The largest absolute Gasteiger partial charge is 0.461 e. The average Bonchev–Trinajstić information content (AvgIpc) is 2.90. The predicted molar refractivity (Wildman–Crippen MR) is 136 cm³/mol. The molecule has 2 unspecified atom stereocenters. The van der Waals surface area contributed by atoms with E-state index in [4.69, 9.17) is 14.0 Å². The van der Waals surface area contributed by atoms with Gasteiger partial charge in [-0.1, -0.05) is 91.0 Å². The van der Waals surface area contributed by atoms with Crippen molar-refractivity contribution in [1.82, 2.24) is 0 Å². The van der Waals surface area contributed by atoms with E-state index in [1.54, 1.807) is 0 Å². The second-order valence-electron chi connectivity index (χ2n) is 8.36. The number of rotatable bonds is 14. The van der Waals surface area contributed by atoms with Crippen LogP contribution in [0.5, 0.6) is 0 Å². The van der Waals surface area contributed by atoms with Gasteiger partial charge in [0.1, 0.15) is 13.2 Å². The van der Waals surface area contributed by atoms with Gasteiger partial charge in [0, 0.05) is 6.42 Å². The van der Waals surface area contributed by atoms with Crippen molar-refractivity contribution in [3.05, 3.63) is 108 Å². The van der Waals surface area contributed by atoms with Crippen LogP contribution in [0.15, 0.2) is 91.0 Å². The molecule has 0 aliphatic rings. The maximum Gasteiger partial charge on any atom is 0.328 e.